The van der Waals surface area contributed by atoms with E-state index in [0.717, 1.165) is 22.7 Å². The van der Waals surface area contributed by atoms with E-state index in [2.05, 4.69) is 15.6 Å². The molecule has 2 aromatic rings. The Bertz CT molecular complexity index is 568. The summed E-state index contributed by atoms with van der Waals surface area (Å²) in [5, 5.41) is 0. The van der Waals surface area contributed by atoms with Gasteiger partial charge in [0, 0.05) is 11.7 Å². The van der Waals surface area contributed by atoms with E-state index in [4.69, 9.17) is 16.6 Å². The fourth-order valence-electron chi connectivity index (χ4n) is 3.11. The maximum Gasteiger partial charge on any atom is 0.160 e. The van der Waals surface area contributed by atoms with Gasteiger partial charge in [-0.3, -0.25) is 0 Å². The van der Waals surface area contributed by atoms with Crippen LogP contribution in [0.25, 0.3) is 11.2 Å². The van der Waals surface area contributed by atoms with Crippen molar-refractivity contribution in [1.29, 1.82) is 0 Å². The van der Waals surface area contributed by atoms with Crippen LogP contribution in [0.1, 0.15) is 56.1 Å². The molecule has 0 amide bonds. The number of alkyl halides is 1. The Hall–Kier alpha value is -1.09. The van der Waals surface area contributed by atoms with Crippen molar-refractivity contribution >= 4 is 22.8 Å². The Morgan fingerprint density at radius 1 is 1.16 bits per heavy atom. The van der Waals surface area contributed by atoms with Gasteiger partial charge in [-0.05, 0) is 31.9 Å². The number of fused-ring (bicyclic) bond motifs is 1. The molecule has 2 aromatic heterocycles. The van der Waals surface area contributed by atoms with Gasteiger partial charge in [0.2, 0.25) is 0 Å². The number of hydrogen-bond acceptors (Lipinski definition) is 2. The van der Waals surface area contributed by atoms with Crippen LogP contribution in [-0.2, 0) is 5.88 Å². The number of hydrogen-bond donors (Lipinski definition) is 0. The van der Waals surface area contributed by atoms with Crippen LogP contribution in [0, 0.1) is 6.92 Å². The lowest BCUT2D eigenvalue weighted by Gasteiger charge is -2.18. The first-order valence-corrected chi connectivity index (χ1v) is 7.73. The van der Waals surface area contributed by atoms with E-state index in [1.807, 2.05) is 13.0 Å². The molecule has 4 heteroatoms. The van der Waals surface area contributed by atoms with Crippen molar-refractivity contribution in [2.45, 2.75) is 57.4 Å². The summed E-state index contributed by atoms with van der Waals surface area (Å²) in [5.74, 6) is 1.44. The van der Waals surface area contributed by atoms with Crippen molar-refractivity contribution in [3.63, 3.8) is 0 Å². The van der Waals surface area contributed by atoms with Gasteiger partial charge in [-0.15, -0.1) is 11.6 Å². The molecule has 0 spiro atoms. The summed E-state index contributed by atoms with van der Waals surface area (Å²) in [6, 6.07) is 4.60. The molecule has 102 valence electrons. The third-order valence-electron chi connectivity index (χ3n) is 4.06. The van der Waals surface area contributed by atoms with Gasteiger partial charge in [0.15, 0.2) is 5.65 Å². The fraction of sp³-hybridized carbons (Fsp3) is 0.600. The largest absolute Gasteiger partial charge is 0.309 e. The van der Waals surface area contributed by atoms with Crippen molar-refractivity contribution in [3.8, 4) is 0 Å². The van der Waals surface area contributed by atoms with Crippen LogP contribution < -0.4 is 0 Å². The zero-order valence-corrected chi connectivity index (χ0v) is 12.2. The Labute approximate surface area is 119 Å². The van der Waals surface area contributed by atoms with Crippen LogP contribution in [0.2, 0.25) is 0 Å². The first-order valence-electron chi connectivity index (χ1n) is 7.20. The fourth-order valence-corrected chi connectivity index (χ4v) is 3.30. The van der Waals surface area contributed by atoms with E-state index in [9.17, 15) is 0 Å². The molecule has 1 saturated carbocycles. The molecule has 1 aliphatic rings. The number of aromatic nitrogens is 3. The highest BCUT2D eigenvalue weighted by atomic mass is 35.5. The molecule has 0 aromatic carbocycles. The zero-order valence-electron chi connectivity index (χ0n) is 11.4. The number of pyridine rings is 1. The third-order valence-corrected chi connectivity index (χ3v) is 4.30. The van der Waals surface area contributed by atoms with E-state index in [0.29, 0.717) is 11.9 Å². The molecule has 1 fully saturated rings. The maximum atomic E-state index is 6.09. The average Bonchev–Trinajstić information content (AvgIpc) is 2.60. The highest BCUT2D eigenvalue weighted by molar-refractivity contribution is 6.16. The average molecular weight is 278 g/mol. The van der Waals surface area contributed by atoms with Crippen LogP contribution >= 0.6 is 11.6 Å². The summed E-state index contributed by atoms with van der Waals surface area (Å²) in [4.78, 5) is 9.34. The molecular weight excluding hydrogens is 258 g/mol. The van der Waals surface area contributed by atoms with Gasteiger partial charge in [0.25, 0.3) is 0 Å². The van der Waals surface area contributed by atoms with Gasteiger partial charge in [0.1, 0.15) is 11.3 Å². The lowest BCUT2D eigenvalue weighted by Crippen LogP contribution is -2.12. The predicted octanol–water partition coefficient (Wildman–Crippen LogP) is 4.37. The minimum absolute atomic E-state index is 0.464. The molecule has 19 heavy (non-hydrogen) atoms. The molecule has 0 N–H and O–H groups in total. The molecule has 0 aliphatic heterocycles. The molecule has 2 heterocycles. The second-order valence-corrected chi connectivity index (χ2v) is 5.74. The van der Waals surface area contributed by atoms with Gasteiger partial charge in [-0.1, -0.05) is 25.7 Å². The lowest BCUT2D eigenvalue weighted by molar-refractivity contribution is 0.442. The second kappa shape index (κ2) is 5.49. The first kappa shape index (κ1) is 12.9. The standard InChI is InChI=1S/C15H20ClN3/c1-11-8-9-13-15(17-11)19(14(10-16)18-13)12-6-4-2-3-5-7-12/h8-9,12H,2-7,10H2,1H3. The molecule has 0 radical (unpaired) electrons. The summed E-state index contributed by atoms with van der Waals surface area (Å²) in [6.07, 6.45) is 7.77. The molecule has 1 aliphatic carbocycles. The first-order chi connectivity index (χ1) is 9.29. The van der Waals surface area contributed by atoms with Gasteiger partial charge in [0.05, 0.1) is 5.88 Å². The molecule has 0 saturated heterocycles. The highest BCUT2D eigenvalue weighted by Gasteiger charge is 2.20. The third kappa shape index (κ3) is 2.48. The van der Waals surface area contributed by atoms with Crippen LogP contribution in [0.5, 0.6) is 0 Å². The van der Waals surface area contributed by atoms with E-state index in [-0.39, 0.29) is 0 Å². The Kier molecular flexibility index (Phi) is 3.74. The minimum atomic E-state index is 0.464. The van der Waals surface area contributed by atoms with Crippen molar-refractivity contribution in [2.75, 3.05) is 0 Å². The number of nitrogens with zero attached hydrogens (tertiary/aromatic N) is 3. The van der Waals surface area contributed by atoms with Crippen LogP contribution in [0.4, 0.5) is 0 Å². The topological polar surface area (TPSA) is 30.7 Å². The lowest BCUT2D eigenvalue weighted by atomic mass is 10.1. The van der Waals surface area contributed by atoms with E-state index < -0.39 is 0 Å². The van der Waals surface area contributed by atoms with Gasteiger partial charge in [-0.25, -0.2) is 9.97 Å². The van der Waals surface area contributed by atoms with Gasteiger partial charge >= 0.3 is 0 Å². The van der Waals surface area contributed by atoms with Crippen LogP contribution in [0.3, 0.4) is 0 Å². The van der Waals surface area contributed by atoms with Crippen molar-refractivity contribution in [2.24, 2.45) is 0 Å². The zero-order chi connectivity index (χ0) is 13.2. The van der Waals surface area contributed by atoms with Crippen LogP contribution in [-0.4, -0.2) is 14.5 Å². The SMILES string of the molecule is Cc1ccc2nc(CCl)n(C3CCCCCC3)c2n1. The van der Waals surface area contributed by atoms with Crippen LogP contribution in [0.15, 0.2) is 12.1 Å². The number of rotatable bonds is 2. The molecule has 0 atom stereocenters. The predicted molar refractivity (Wildman–Crippen MR) is 78.6 cm³/mol. The Balaban J connectivity index is 2.10. The van der Waals surface area contributed by atoms with Gasteiger partial charge < -0.3 is 4.57 Å². The Morgan fingerprint density at radius 2 is 1.89 bits per heavy atom. The van der Waals surface area contributed by atoms with E-state index in [1.54, 1.807) is 0 Å². The normalized spacial score (nSPS) is 17.8. The van der Waals surface area contributed by atoms with Gasteiger partial charge in [-0.2, -0.15) is 0 Å². The summed E-state index contributed by atoms with van der Waals surface area (Å²) in [6.45, 7) is 2.03. The smallest absolute Gasteiger partial charge is 0.160 e. The summed E-state index contributed by atoms with van der Waals surface area (Å²) in [5.41, 5.74) is 3.04. The highest BCUT2D eigenvalue weighted by Crippen LogP contribution is 2.31. The molecule has 0 unspecified atom stereocenters. The second-order valence-electron chi connectivity index (χ2n) is 5.47. The van der Waals surface area contributed by atoms with Crippen molar-refractivity contribution in [3.05, 3.63) is 23.7 Å². The molecule has 0 bridgehead atoms. The van der Waals surface area contributed by atoms with Crippen molar-refractivity contribution in [1.82, 2.24) is 14.5 Å². The minimum Gasteiger partial charge on any atom is -0.309 e. The summed E-state index contributed by atoms with van der Waals surface area (Å²) >= 11 is 6.09. The molecular formula is C15H20ClN3. The van der Waals surface area contributed by atoms with Crippen molar-refractivity contribution < 1.29 is 0 Å². The maximum absolute atomic E-state index is 6.09. The summed E-state index contributed by atoms with van der Waals surface area (Å²) in [7, 11) is 0. The number of imidazole rings is 1. The quantitative estimate of drug-likeness (QED) is 0.603. The Morgan fingerprint density at radius 3 is 2.58 bits per heavy atom. The number of aryl methyl sites for hydroxylation is 1. The summed E-state index contributed by atoms with van der Waals surface area (Å²) < 4.78 is 2.31. The monoisotopic (exact) mass is 277 g/mol. The molecule has 3 rings (SSSR count). The van der Waals surface area contributed by atoms with E-state index >= 15 is 0 Å². The molecule has 3 nitrogen and oxygen atoms in total. The number of halogens is 1. The van der Waals surface area contributed by atoms with E-state index in [1.165, 1.54) is 38.5 Å².